The first kappa shape index (κ1) is 13.4. The lowest BCUT2D eigenvalue weighted by Gasteiger charge is -2.12. The van der Waals surface area contributed by atoms with Gasteiger partial charge in [0.2, 0.25) is 0 Å². The molecule has 0 saturated carbocycles. The number of ether oxygens (including phenoxy) is 1. The Morgan fingerprint density at radius 1 is 1.05 bits per heavy atom. The van der Waals surface area contributed by atoms with Gasteiger partial charge in [0.25, 0.3) is 0 Å². The van der Waals surface area contributed by atoms with Crippen LogP contribution >= 0.6 is 0 Å². The van der Waals surface area contributed by atoms with Crippen LogP contribution in [0, 0.1) is 6.92 Å². The summed E-state index contributed by atoms with van der Waals surface area (Å²) in [6.45, 7) is 2.74. The summed E-state index contributed by atoms with van der Waals surface area (Å²) in [5, 5.41) is 0. The standard InChI is InChI=1S/C16H20N2O/c1-11-3-5-13(6-4-11)14-9-12(7-8-19-2)10-15(17)16(14)18/h3-6,9-10H,7-8,17-18H2,1-2H3. The maximum absolute atomic E-state index is 6.09. The van der Waals surface area contributed by atoms with Crippen molar-refractivity contribution in [1.82, 2.24) is 0 Å². The van der Waals surface area contributed by atoms with Gasteiger partial charge in [0.05, 0.1) is 18.0 Å². The van der Waals surface area contributed by atoms with Crippen molar-refractivity contribution in [2.45, 2.75) is 13.3 Å². The molecular formula is C16H20N2O. The Morgan fingerprint density at radius 2 is 1.74 bits per heavy atom. The Kier molecular flexibility index (Phi) is 4.07. The highest BCUT2D eigenvalue weighted by Gasteiger charge is 2.08. The number of benzene rings is 2. The summed E-state index contributed by atoms with van der Waals surface area (Å²) in [6.07, 6.45) is 0.833. The third-order valence-corrected chi connectivity index (χ3v) is 3.23. The molecule has 0 saturated heterocycles. The van der Waals surface area contributed by atoms with Gasteiger partial charge in [-0.15, -0.1) is 0 Å². The van der Waals surface area contributed by atoms with Crippen molar-refractivity contribution in [2.24, 2.45) is 0 Å². The number of aryl methyl sites for hydroxylation is 1. The highest BCUT2D eigenvalue weighted by Crippen LogP contribution is 2.32. The van der Waals surface area contributed by atoms with E-state index >= 15 is 0 Å². The number of nitrogens with two attached hydrogens (primary N) is 2. The summed E-state index contributed by atoms with van der Waals surface area (Å²) in [4.78, 5) is 0. The molecule has 2 aromatic rings. The van der Waals surface area contributed by atoms with Crippen LogP contribution < -0.4 is 11.5 Å². The Morgan fingerprint density at radius 3 is 2.37 bits per heavy atom. The van der Waals surface area contributed by atoms with Crippen molar-refractivity contribution >= 4 is 11.4 Å². The minimum absolute atomic E-state index is 0.629. The van der Waals surface area contributed by atoms with Crippen molar-refractivity contribution in [3.63, 3.8) is 0 Å². The molecule has 0 unspecified atom stereocenters. The van der Waals surface area contributed by atoms with Crippen LogP contribution in [0.5, 0.6) is 0 Å². The maximum atomic E-state index is 6.09. The molecule has 0 aromatic heterocycles. The SMILES string of the molecule is COCCc1cc(N)c(N)c(-c2ccc(C)cc2)c1. The number of methoxy groups -OCH3 is 1. The zero-order chi connectivity index (χ0) is 13.8. The van der Waals surface area contributed by atoms with Gasteiger partial charge in [-0.25, -0.2) is 0 Å². The van der Waals surface area contributed by atoms with Gasteiger partial charge in [-0.3, -0.25) is 0 Å². The summed E-state index contributed by atoms with van der Waals surface area (Å²) in [7, 11) is 1.70. The van der Waals surface area contributed by atoms with Gasteiger partial charge in [-0.05, 0) is 36.6 Å². The number of hydrogen-bond donors (Lipinski definition) is 2. The largest absolute Gasteiger partial charge is 0.397 e. The second-order valence-corrected chi connectivity index (χ2v) is 4.76. The van der Waals surface area contributed by atoms with Crippen LogP contribution in [0.2, 0.25) is 0 Å². The Bertz CT molecular complexity index is 562. The lowest BCUT2D eigenvalue weighted by atomic mass is 9.98. The molecule has 0 aliphatic heterocycles. The second kappa shape index (κ2) is 5.76. The zero-order valence-corrected chi connectivity index (χ0v) is 11.4. The fourth-order valence-corrected chi connectivity index (χ4v) is 2.07. The predicted octanol–water partition coefficient (Wildman–Crippen LogP) is 3.02. The molecular weight excluding hydrogens is 236 g/mol. The Hall–Kier alpha value is -2.00. The molecule has 4 N–H and O–H groups in total. The molecule has 0 aliphatic carbocycles. The molecule has 100 valence electrons. The second-order valence-electron chi connectivity index (χ2n) is 4.76. The van der Waals surface area contributed by atoms with E-state index in [1.54, 1.807) is 7.11 Å². The number of anilines is 2. The molecule has 0 radical (unpaired) electrons. The smallest absolute Gasteiger partial charge is 0.0627 e. The van der Waals surface area contributed by atoms with Crippen LogP contribution in [-0.2, 0) is 11.2 Å². The topological polar surface area (TPSA) is 61.3 Å². The first-order chi connectivity index (χ1) is 9.11. The average Bonchev–Trinajstić information content (AvgIpc) is 2.41. The molecule has 2 rings (SSSR count). The molecule has 3 heteroatoms. The molecule has 19 heavy (non-hydrogen) atoms. The monoisotopic (exact) mass is 256 g/mol. The third kappa shape index (κ3) is 3.06. The van der Waals surface area contributed by atoms with Crippen LogP contribution in [0.15, 0.2) is 36.4 Å². The van der Waals surface area contributed by atoms with E-state index in [0.29, 0.717) is 18.0 Å². The minimum Gasteiger partial charge on any atom is -0.397 e. The molecule has 0 heterocycles. The summed E-state index contributed by atoms with van der Waals surface area (Å²) < 4.78 is 5.11. The molecule has 0 amide bonds. The molecule has 0 spiro atoms. The normalized spacial score (nSPS) is 10.6. The molecule has 0 bridgehead atoms. The minimum atomic E-state index is 0.629. The van der Waals surface area contributed by atoms with Gasteiger partial charge in [0, 0.05) is 12.7 Å². The van der Waals surface area contributed by atoms with Crippen molar-refractivity contribution < 1.29 is 4.74 Å². The van der Waals surface area contributed by atoms with Gasteiger partial charge in [0.15, 0.2) is 0 Å². The number of hydrogen-bond acceptors (Lipinski definition) is 3. The molecule has 3 nitrogen and oxygen atoms in total. The van der Waals surface area contributed by atoms with Crippen molar-refractivity contribution in [3.05, 3.63) is 47.5 Å². The van der Waals surface area contributed by atoms with E-state index in [1.807, 2.05) is 6.07 Å². The van der Waals surface area contributed by atoms with Gasteiger partial charge in [0.1, 0.15) is 0 Å². The van der Waals surface area contributed by atoms with Crippen LogP contribution in [0.4, 0.5) is 11.4 Å². The quantitative estimate of drug-likeness (QED) is 0.827. The number of nitrogen functional groups attached to an aromatic ring is 2. The maximum Gasteiger partial charge on any atom is 0.0627 e. The van der Waals surface area contributed by atoms with Crippen LogP contribution in [0.3, 0.4) is 0 Å². The molecule has 0 fully saturated rings. The van der Waals surface area contributed by atoms with Crippen LogP contribution in [0.1, 0.15) is 11.1 Å². The van der Waals surface area contributed by atoms with Crippen molar-refractivity contribution in [1.29, 1.82) is 0 Å². The average molecular weight is 256 g/mol. The first-order valence-corrected chi connectivity index (χ1v) is 6.35. The highest BCUT2D eigenvalue weighted by atomic mass is 16.5. The Labute approximate surface area is 114 Å². The van der Waals surface area contributed by atoms with Gasteiger partial charge in [-0.1, -0.05) is 29.8 Å². The molecule has 2 aromatic carbocycles. The lowest BCUT2D eigenvalue weighted by molar-refractivity contribution is 0.202. The third-order valence-electron chi connectivity index (χ3n) is 3.23. The van der Waals surface area contributed by atoms with E-state index in [9.17, 15) is 0 Å². The van der Waals surface area contributed by atoms with Gasteiger partial charge >= 0.3 is 0 Å². The van der Waals surface area contributed by atoms with Gasteiger partial charge in [-0.2, -0.15) is 0 Å². The predicted molar refractivity (Wildman–Crippen MR) is 81.0 cm³/mol. The summed E-state index contributed by atoms with van der Waals surface area (Å²) in [5.74, 6) is 0. The van der Waals surface area contributed by atoms with Crippen molar-refractivity contribution in [2.75, 3.05) is 25.2 Å². The van der Waals surface area contributed by atoms with E-state index in [4.69, 9.17) is 16.2 Å². The zero-order valence-electron chi connectivity index (χ0n) is 11.4. The fourth-order valence-electron chi connectivity index (χ4n) is 2.07. The Balaban J connectivity index is 2.43. The first-order valence-electron chi connectivity index (χ1n) is 6.35. The van der Waals surface area contributed by atoms with E-state index in [1.165, 1.54) is 5.56 Å². The molecule has 0 aliphatic rings. The fraction of sp³-hybridized carbons (Fsp3) is 0.250. The van der Waals surface area contributed by atoms with Crippen LogP contribution in [0.25, 0.3) is 11.1 Å². The van der Waals surface area contributed by atoms with E-state index < -0.39 is 0 Å². The summed E-state index contributed by atoms with van der Waals surface area (Å²) in [5.41, 5.74) is 17.8. The van der Waals surface area contributed by atoms with E-state index in [0.717, 1.165) is 23.1 Å². The van der Waals surface area contributed by atoms with Crippen molar-refractivity contribution in [3.8, 4) is 11.1 Å². The van der Waals surface area contributed by atoms with E-state index in [-0.39, 0.29) is 0 Å². The highest BCUT2D eigenvalue weighted by molar-refractivity contribution is 5.85. The number of rotatable bonds is 4. The summed E-state index contributed by atoms with van der Waals surface area (Å²) in [6, 6.07) is 12.3. The van der Waals surface area contributed by atoms with Gasteiger partial charge < -0.3 is 16.2 Å². The van der Waals surface area contributed by atoms with E-state index in [2.05, 4.69) is 37.3 Å². The van der Waals surface area contributed by atoms with Crippen LogP contribution in [-0.4, -0.2) is 13.7 Å². The molecule has 0 atom stereocenters. The lowest BCUT2D eigenvalue weighted by Crippen LogP contribution is -2.01. The summed E-state index contributed by atoms with van der Waals surface area (Å²) >= 11 is 0.